The van der Waals surface area contributed by atoms with Crippen LogP contribution in [0.5, 0.6) is 0 Å². The Kier molecular flexibility index (Phi) is 5.05. The molecule has 2 aromatic carbocycles. The zero-order chi connectivity index (χ0) is 17.4. The third kappa shape index (κ3) is 4.43. The second-order valence-electron chi connectivity index (χ2n) is 4.61. The van der Waals surface area contributed by atoms with Gasteiger partial charge >= 0.3 is 0 Å². The van der Waals surface area contributed by atoms with Gasteiger partial charge in [-0.05, 0) is 41.8 Å². The van der Waals surface area contributed by atoms with Gasteiger partial charge in [-0.2, -0.15) is 0 Å². The monoisotopic (exact) mass is 394 g/mol. The second kappa shape index (κ2) is 6.39. The van der Waals surface area contributed by atoms with E-state index in [1.807, 2.05) is 0 Å². The van der Waals surface area contributed by atoms with Crippen molar-refractivity contribution in [3.05, 3.63) is 57.6 Å². The van der Waals surface area contributed by atoms with Gasteiger partial charge in [0.2, 0.25) is 0 Å². The molecule has 0 atom stereocenters. The Morgan fingerprint density at radius 2 is 1.09 bits per heavy atom. The first kappa shape index (κ1) is 18.2. The van der Waals surface area contributed by atoms with Crippen LogP contribution >= 0.6 is 23.2 Å². The van der Waals surface area contributed by atoms with Crippen LogP contribution in [-0.2, 0) is 26.7 Å². The van der Waals surface area contributed by atoms with Crippen molar-refractivity contribution in [2.75, 3.05) is 0 Å². The maximum atomic E-state index is 11.1. The van der Waals surface area contributed by atoms with Gasteiger partial charge in [-0.1, -0.05) is 35.3 Å². The van der Waals surface area contributed by atoms with Crippen molar-refractivity contribution < 1.29 is 25.9 Å². The maximum absolute atomic E-state index is 11.1. The summed E-state index contributed by atoms with van der Waals surface area (Å²) in [5.74, 6) is 0. The molecular formula is C13H8Cl2O6S2-2. The quantitative estimate of drug-likeness (QED) is 0.735. The van der Waals surface area contributed by atoms with Crippen LogP contribution in [0.2, 0.25) is 10.0 Å². The van der Waals surface area contributed by atoms with Gasteiger partial charge in [-0.3, -0.25) is 0 Å². The summed E-state index contributed by atoms with van der Waals surface area (Å²) < 4.78 is 66.7. The lowest BCUT2D eigenvalue weighted by molar-refractivity contribution is 0.461. The summed E-state index contributed by atoms with van der Waals surface area (Å²) in [6, 6.07) is 7.68. The lowest BCUT2D eigenvalue weighted by Crippen LogP contribution is -2.03. The van der Waals surface area contributed by atoms with Gasteiger partial charge in [-0.25, -0.2) is 16.8 Å². The molecule has 124 valence electrons. The van der Waals surface area contributed by atoms with Gasteiger partial charge < -0.3 is 9.11 Å². The Morgan fingerprint density at radius 1 is 0.739 bits per heavy atom. The molecule has 0 saturated heterocycles. The fraction of sp³-hybridized carbons (Fsp3) is 0.0769. The summed E-state index contributed by atoms with van der Waals surface area (Å²) in [5.41, 5.74) is 0.806. The molecule has 0 saturated carbocycles. The number of benzene rings is 2. The Balaban J connectivity index is 2.45. The van der Waals surface area contributed by atoms with E-state index in [4.69, 9.17) is 23.2 Å². The molecule has 0 aliphatic heterocycles. The molecular weight excluding hydrogens is 387 g/mol. The maximum Gasteiger partial charge on any atom is 0.125 e. The van der Waals surface area contributed by atoms with E-state index in [9.17, 15) is 25.9 Å². The molecule has 0 aliphatic rings. The van der Waals surface area contributed by atoms with E-state index in [0.29, 0.717) is 11.1 Å². The minimum atomic E-state index is -4.74. The molecule has 0 aliphatic carbocycles. The van der Waals surface area contributed by atoms with Crippen molar-refractivity contribution >= 4 is 43.4 Å². The Labute approximate surface area is 143 Å². The highest BCUT2D eigenvalue weighted by Crippen LogP contribution is 2.26. The molecule has 0 radical (unpaired) electrons. The molecule has 10 heteroatoms. The van der Waals surface area contributed by atoms with E-state index < -0.39 is 30.0 Å². The number of hydrogen-bond donors (Lipinski definition) is 0. The smallest absolute Gasteiger partial charge is 0.125 e. The molecule has 0 spiro atoms. The third-order valence-electron chi connectivity index (χ3n) is 2.94. The van der Waals surface area contributed by atoms with Crippen LogP contribution in [0, 0.1) is 0 Å². The molecule has 0 fully saturated rings. The SMILES string of the molecule is O=S(=O)([O-])c1cc(Cc2ccc(Cl)c(S(=O)(=O)[O-])c2)ccc1Cl. The van der Waals surface area contributed by atoms with Crippen LogP contribution < -0.4 is 0 Å². The number of hydrogen-bond acceptors (Lipinski definition) is 6. The zero-order valence-electron chi connectivity index (χ0n) is 11.2. The lowest BCUT2D eigenvalue weighted by Gasteiger charge is -2.13. The van der Waals surface area contributed by atoms with Crippen molar-refractivity contribution in [3.8, 4) is 0 Å². The number of halogens is 2. The molecule has 0 amide bonds. The highest BCUT2D eigenvalue weighted by Gasteiger charge is 2.11. The van der Waals surface area contributed by atoms with E-state index >= 15 is 0 Å². The highest BCUT2D eigenvalue weighted by atomic mass is 35.5. The predicted octanol–water partition coefficient (Wildman–Crippen LogP) is 2.39. The fourth-order valence-electron chi connectivity index (χ4n) is 1.93. The summed E-state index contributed by atoms with van der Waals surface area (Å²) in [7, 11) is -9.47. The van der Waals surface area contributed by atoms with Crippen LogP contribution in [0.15, 0.2) is 46.2 Å². The Hall–Kier alpha value is -1.16. The van der Waals surface area contributed by atoms with Crippen LogP contribution in [-0.4, -0.2) is 25.9 Å². The normalized spacial score (nSPS) is 12.3. The summed E-state index contributed by atoms with van der Waals surface area (Å²) in [6.07, 6.45) is 0.0827. The van der Waals surface area contributed by atoms with Crippen LogP contribution in [0.4, 0.5) is 0 Å². The molecule has 6 nitrogen and oxygen atoms in total. The van der Waals surface area contributed by atoms with Gasteiger partial charge in [0.15, 0.2) is 0 Å². The summed E-state index contributed by atoms with van der Waals surface area (Å²) >= 11 is 11.3. The topological polar surface area (TPSA) is 114 Å². The summed E-state index contributed by atoms with van der Waals surface area (Å²) in [4.78, 5) is -1.13. The third-order valence-corrected chi connectivity index (χ3v) is 5.57. The summed E-state index contributed by atoms with van der Waals surface area (Å²) in [6.45, 7) is 0. The standard InChI is InChI=1S/C13H10Cl2O6S2/c14-10-3-1-8(6-12(10)22(16,17)18)5-9-2-4-11(15)13(7-9)23(19,20)21/h1-4,6-7H,5H2,(H,16,17,18)(H,19,20,21)/p-2. The highest BCUT2D eigenvalue weighted by molar-refractivity contribution is 7.86. The molecule has 23 heavy (non-hydrogen) atoms. The van der Waals surface area contributed by atoms with Gasteiger partial charge in [0.25, 0.3) is 0 Å². The first-order valence-corrected chi connectivity index (χ1v) is 9.54. The van der Waals surface area contributed by atoms with Gasteiger partial charge in [-0.15, -0.1) is 0 Å². The molecule has 2 rings (SSSR count). The Morgan fingerprint density at radius 3 is 1.39 bits per heavy atom. The van der Waals surface area contributed by atoms with Crippen molar-refractivity contribution in [2.24, 2.45) is 0 Å². The van der Waals surface area contributed by atoms with Crippen molar-refractivity contribution in [1.82, 2.24) is 0 Å². The Bertz CT molecular complexity index is 888. The molecule has 2 aromatic rings. The van der Waals surface area contributed by atoms with Gasteiger partial charge in [0.05, 0.1) is 19.8 Å². The lowest BCUT2D eigenvalue weighted by atomic mass is 10.1. The van der Waals surface area contributed by atoms with E-state index in [2.05, 4.69) is 0 Å². The number of rotatable bonds is 4. The molecule has 0 bridgehead atoms. The zero-order valence-corrected chi connectivity index (χ0v) is 14.3. The van der Waals surface area contributed by atoms with Crippen molar-refractivity contribution in [1.29, 1.82) is 0 Å². The van der Waals surface area contributed by atoms with Gasteiger partial charge in [0, 0.05) is 0 Å². The van der Waals surface area contributed by atoms with E-state index in [0.717, 1.165) is 12.1 Å². The van der Waals surface area contributed by atoms with E-state index in [1.165, 1.54) is 24.3 Å². The molecule has 0 N–H and O–H groups in total. The van der Waals surface area contributed by atoms with E-state index in [1.54, 1.807) is 0 Å². The average Bonchev–Trinajstić information content (AvgIpc) is 2.40. The van der Waals surface area contributed by atoms with Crippen molar-refractivity contribution in [2.45, 2.75) is 16.2 Å². The van der Waals surface area contributed by atoms with Gasteiger partial charge in [0.1, 0.15) is 20.2 Å². The van der Waals surface area contributed by atoms with Crippen LogP contribution in [0.1, 0.15) is 11.1 Å². The predicted molar refractivity (Wildman–Crippen MR) is 81.6 cm³/mol. The fourth-order valence-corrected chi connectivity index (χ4v) is 3.94. The molecule has 0 unspecified atom stereocenters. The van der Waals surface area contributed by atoms with E-state index in [-0.39, 0.29) is 16.5 Å². The summed E-state index contributed by atoms with van der Waals surface area (Å²) in [5, 5.41) is -0.412. The van der Waals surface area contributed by atoms with Crippen LogP contribution in [0.25, 0.3) is 0 Å². The molecule has 0 aromatic heterocycles. The van der Waals surface area contributed by atoms with Crippen LogP contribution in [0.3, 0.4) is 0 Å². The second-order valence-corrected chi connectivity index (χ2v) is 8.13. The average molecular weight is 395 g/mol. The first-order chi connectivity index (χ1) is 10.5. The minimum Gasteiger partial charge on any atom is -0.744 e. The molecule has 0 heterocycles. The first-order valence-electron chi connectivity index (χ1n) is 5.97. The minimum absolute atomic E-state index is 0.0827. The largest absolute Gasteiger partial charge is 0.744 e. The van der Waals surface area contributed by atoms with Crippen molar-refractivity contribution in [3.63, 3.8) is 0 Å².